The standard InChI is InChI=1S/C18H18N2OS2/c1-11-7-8-14-13(9-11)15-16(21)19-18(20-17(15)23-14)22-10-12-5-3-2-4-6-12/h2-6,11H,7-10H2,1H3,(H,19,20,21)/t11-/m1/s1. The quantitative estimate of drug-likeness (QED) is 0.567. The summed E-state index contributed by atoms with van der Waals surface area (Å²) in [6, 6.07) is 10.3. The highest BCUT2D eigenvalue weighted by Crippen LogP contribution is 2.36. The van der Waals surface area contributed by atoms with Gasteiger partial charge in [-0.25, -0.2) is 4.98 Å². The molecule has 0 saturated heterocycles. The van der Waals surface area contributed by atoms with Crippen molar-refractivity contribution in [2.24, 2.45) is 5.92 Å². The minimum atomic E-state index is 0.0251. The van der Waals surface area contributed by atoms with Crippen LogP contribution in [0.1, 0.15) is 29.3 Å². The number of nitrogens with one attached hydrogen (secondary N) is 1. The van der Waals surface area contributed by atoms with Crippen molar-refractivity contribution in [3.8, 4) is 0 Å². The van der Waals surface area contributed by atoms with Gasteiger partial charge in [0, 0.05) is 10.6 Å². The molecule has 2 heterocycles. The molecule has 1 N–H and O–H groups in total. The van der Waals surface area contributed by atoms with Crippen LogP contribution in [0, 0.1) is 5.92 Å². The molecule has 1 aliphatic carbocycles. The largest absolute Gasteiger partial charge is 0.301 e. The summed E-state index contributed by atoms with van der Waals surface area (Å²) >= 11 is 3.30. The van der Waals surface area contributed by atoms with Gasteiger partial charge in [-0.3, -0.25) is 4.79 Å². The van der Waals surface area contributed by atoms with E-state index >= 15 is 0 Å². The number of hydrogen-bond acceptors (Lipinski definition) is 4. The molecule has 0 amide bonds. The molecule has 0 spiro atoms. The Hall–Kier alpha value is -1.59. The molecule has 23 heavy (non-hydrogen) atoms. The zero-order valence-corrected chi connectivity index (χ0v) is 14.6. The number of H-pyrrole nitrogens is 1. The number of aromatic nitrogens is 2. The molecule has 1 aliphatic rings. The fraction of sp³-hybridized carbons (Fsp3) is 0.333. The monoisotopic (exact) mass is 342 g/mol. The van der Waals surface area contributed by atoms with E-state index in [1.54, 1.807) is 23.1 Å². The fourth-order valence-electron chi connectivity index (χ4n) is 3.13. The Kier molecular flexibility index (Phi) is 3.99. The first kappa shape index (κ1) is 15.0. The van der Waals surface area contributed by atoms with Gasteiger partial charge >= 0.3 is 0 Å². The molecule has 0 aliphatic heterocycles. The van der Waals surface area contributed by atoms with Gasteiger partial charge in [-0.2, -0.15) is 0 Å². The van der Waals surface area contributed by atoms with E-state index in [4.69, 9.17) is 4.98 Å². The summed E-state index contributed by atoms with van der Waals surface area (Å²) in [5.74, 6) is 1.48. The Morgan fingerprint density at radius 3 is 3.00 bits per heavy atom. The van der Waals surface area contributed by atoms with Crippen molar-refractivity contribution in [3.63, 3.8) is 0 Å². The van der Waals surface area contributed by atoms with Crippen LogP contribution >= 0.6 is 23.1 Å². The molecule has 0 radical (unpaired) electrons. The number of aryl methyl sites for hydroxylation is 1. The first-order chi connectivity index (χ1) is 11.2. The second-order valence-electron chi connectivity index (χ2n) is 6.18. The molecule has 2 aromatic heterocycles. The van der Waals surface area contributed by atoms with Crippen LogP contribution in [0.15, 0.2) is 40.3 Å². The van der Waals surface area contributed by atoms with Crippen LogP contribution in [0.4, 0.5) is 0 Å². The van der Waals surface area contributed by atoms with Crippen LogP contribution in [0.2, 0.25) is 0 Å². The maximum Gasteiger partial charge on any atom is 0.260 e. The van der Waals surface area contributed by atoms with Gasteiger partial charge in [0.1, 0.15) is 4.83 Å². The van der Waals surface area contributed by atoms with E-state index in [-0.39, 0.29) is 5.56 Å². The third-order valence-electron chi connectivity index (χ3n) is 4.36. The molecular weight excluding hydrogens is 324 g/mol. The van der Waals surface area contributed by atoms with Crippen LogP contribution in [0.5, 0.6) is 0 Å². The maximum atomic E-state index is 12.5. The average molecular weight is 342 g/mol. The molecule has 1 atom stereocenters. The van der Waals surface area contributed by atoms with Gasteiger partial charge in [-0.05, 0) is 36.3 Å². The first-order valence-electron chi connectivity index (χ1n) is 7.92. The van der Waals surface area contributed by atoms with Crippen LogP contribution in [-0.2, 0) is 18.6 Å². The summed E-state index contributed by atoms with van der Waals surface area (Å²) in [4.78, 5) is 22.5. The topological polar surface area (TPSA) is 45.8 Å². The molecule has 1 aromatic carbocycles. The third kappa shape index (κ3) is 2.95. The number of hydrogen-bond donors (Lipinski definition) is 1. The molecule has 3 nitrogen and oxygen atoms in total. The highest BCUT2D eigenvalue weighted by atomic mass is 32.2. The Balaban J connectivity index is 1.67. The number of aromatic amines is 1. The minimum Gasteiger partial charge on any atom is -0.301 e. The van der Waals surface area contributed by atoms with Crippen molar-refractivity contribution in [1.29, 1.82) is 0 Å². The molecule has 0 saturated carbocycles. The Morgan fingerprint density at radius 1 is 1.35 bits per heavy atom. The van der Waals surface area contributed by atoms with E-state index in [2.05, 4.69) is 24.0 Å². The van der Waals surface area contributed by atoms with Gasteiger partial charge in [-0.15, -0.1) is 11.3 Å². The zero-order valence-electron chi connectivity index (χ0n) is 13.0. The van der Waals surface area contributed by atoms with Gasteiger partial charge in [0.2, 0.25) is 0 Å². The summed E-state index contributed by atoms with van der Waals surface area (Å²) in [7, 11) is 0. The third-order valence-corrected chi connectivity index (χ3v) is 6.49. The number of benzene rings is 1. The van der Waals surface area contributed by atoms with Crippen molar-refractivity contribution in [1.82, 2.24) is 9.97 Å². The Labute approximate surface area is 143 Å². The summed E-state index contributed by atoms with van der Waals surface area (Å²) in [6.07, 6.45) is 3.31. The number of nitrogens with zero attached hydrogens (tertiary/aromatic N) is 1. The Bertz CT molecular complexity index is 899. The van der Waals surface area contributed by atoms with Gasteiger partial charge in [0.05, 0.1) is 5.39 Å². The number of thioether (sulfide) groups is 1. The van der Waals surface area contributed by atoms with Crippen molar-refractivity contribution in [3.05, 3.63) is 56.7 Å². The van der Waals surface area contributed by atoms with Crippen LogP contribution < -0.4 is 5.56 Å². The second kappa shape index (κ2) is 6.13. The summed E-state index contributed by atoms with van der Waals surface area (Å²) in [6.45, 7) is 2.26. The highest BCUT2D eigenvalue weighted by Gasteiger charge is 2.23. The fourth-order valence-corrected chi connectivity index (χ4v) is 5.22. The lowest BCUT2D eigenvalue weighted by molar-refractivity contribution is 0.508. The van der Waals surface area contributed by atoms with Crippen LogP contribution in [0.25, 0.3) is 10.2 Å². The Morgan fingerprint density at radius 2 is 2.17 bits per heavy atom. The number of rotatable bonds is 3. The van der Waals surface area contributed by atoms with Gasteiger partial charge in [0.15, 0.2) is 5.16 Å². The molecule has 0 bridgehead atoms. The number of thiophene rings is 1. The molecular formula is C18H18N2OS2. The predicted octanol–water partition coefficient (Wildman–Crippen LogP) is 4.40. The molecule has 5 heteroatoms. The first-order valence-corrected chi connectivity index (χ1v) is 9.72. The van der Waals surface area contributed by atoms with Crippen molar-refractivity contribution in [2.45, 2.75) is 37.1 Å². The zero-order chi connectivity index (χ0) is 15.8. The summed E-state index contributed by atoms with van der Waals surface area (Å²) in [5.41, 5.74) is 2.51. The molecule has 3 aromatic rings. The van der Waals surface area contributed by atoms with Gasteiger partial charge in [0.25, 0.3) is 5.56 Å². The molecule has 0 unspecified atom stereocenters. The highest BCUT2D eigenvalue weighted by molar-refractivity contribution is 7.98. The van der Waals surface area contributed by atoms with Gasteiger partial charge < -0.3 is 4.98 Å². The normalized spacial score (nSPS) is 17.3. The lowest BCUT2D eigenvalue weighted by Crippen LogP contribution is -2.14. The average Bonchev–Trinajstić information content (AvgIpc) is 2.92. The number of fused-ring (bicyclic) bond motifs is 3. The molecule has 118 valence electrons. The molecule has 4 rings (SSSR count). The van der Waals surface area contributed by atoms with E-state index in [9.17, 15) is 4.79 Å². The minimum absolute atomic E-state index is 0.0251. The lowest BCUT2D eigenvalue weighted by atomic mass is 9.89. The predicted molar refractivity (Wildman–Crippen MR) is 97.4 cm³/mol. The van der Waals surface area contributed by atoms with Gasteiger partial charge in [-0.1, -0.05) is 49.0 Å². The SMILES string of the molecule is C[C@@H]1CCc2sc3nc(SCc4ccccc4)[nH]c(=O)c3c2C1. The summed E-state index contributed by atoms with van der Waals surface area (Å²) in [5, 5.41) is 1.55. The van der Waals surface area contributed by atoms with E-state index in [0.29, 0.717) is 5.92 Å². The van der Waals surface area contributed by atoms with E-state index in [0.717, 1.165) is 34.0 Å². The summed E-state index contributed by atoms with van der Waals surface area (Å²) < 4.78 is 0. The lowest BCUT2D eigenvalue weighted by Gasteiger charge is -2.17. The van der Waals surface area contributed by atoms with Crippen molar-refractivity contribution >= 4 is 33.3 Å². The van der Waals surface area contributed by atoms with E-state index in [1.807, 2.05) is 18.2 Å². The van der Waals surface area contributed by atoms with E-state index < -0.39 is 0 Å². The second-order valence-corrected chi connectivity index (χ2v) is 8.22. The van der Waals surface area contributed by atoms with Crippen molar-refractivity contribution < 1.29 is 0 Å². The molecule has 0 fully saturated rings. The smallest absolute Gasteiger partial charge is 0.260 e. The van der Waals surface area contributed by atoms with E-state index in [1.165, 1.54) is 22.4 Å². The van der Waals surface area contributed by atoms with Crippen molar-refractivity contribution in [2.75, 3.05) is 0 Å². The van der Waals surface area contributed by atoms with Crippen LogP contribution in [0.3, 0.4) is 0 Å². The van der Waals surface area contributed by atoms with Crippen LogP contribution in [-0.4, -0.2) is 9.97 Å². The maximum absolute atomic E-state index is 12.5.